The van der Waals surface area contributed by atoms with Crippen molar-refractivity contribution in [3.05, 3.63) is 34.9 Å². The number of imide groups is 1. The van der Waals surface area contributed by atoms with Crippen LogP contribution in [0.15, 0.2) is 18.2 Å². The molecule has 2 unspecified atom stereocenters. The molecule has 0 bridgehead atoms. The zero-order chi connectivity index (χ0) is 18.8. The summed E-state index contributed by atoms with van der Waals surface area (Å²) in [6.45, 7) is 5.76. The molecule has 26 heavy (non-hydrogen) atoms. The number of amides is 3. The van der Waals surface area contributed by atoms with Crippen LogP contribution in [0.2, 0.25) is 0 Å². The number of nitrogens with zero attached hydrogens (tertiary/aromatic N) is 2. The zero-order valence-electron chi connectivity index (χ0n) is 15.5. The summed E-state index contributed by atoms with van der Waals surface area (Å²) in [5.41, 5.74) is 7.21. The van der Waals surface area contributed by atoms with Gasteiger partial charge in [-0.05, 0) is 50.3 Å². The minimum Gasteiger partial charge on any atom is -0.338 e. The molecule has 1 saturated heterocycles. The summed E-state index contributed by atoms with van der Waals surface area (Å²) in [7, 11) is 0. The van der Waals surface area contributed by atoms with Crippen molar-refractivity contribution in [1.82, 2.24) is 9.80 Å². The number of carbonyl (C=O) groups is 3. The van der Waals surface area contributed by atoms with Crippen LogP contribution in [0.5, 0.6) is 0 Å². The molecule has 6 heteroatoms. The number of rotatable bonds is 5. The van der Waals surface area contributed by atoms with E-state index < -0.39 is 0 Å². The lowest BCUT2D eigenvalue weighted by atomic mass is 9.91. The van der Waals surface area contributed by atoms with Crippen LogP contribution in [-0.2, 0) is 0 Å². The van der Waals surface area contributed by atoms with Gasteiger partial charge >= 0.3 is 0 Å². The van der Waals surface area contributed by atoms with Crippen molar-refractivity contribution in [2.24, 2.45) is 11.7 Å². The van der Waals surface area contributed by atoms with Crippen molar-refractivity contribution >= 4 is 17.7 Å². The lowest BCUT2D eigenvalue weighted by Gasteiger charge is -2.34. The van der Waals surface area contributed by atoms with Crippen molar-refractivity contribution in [1.29, 1.82) is 0 Å². The minimum atomic E-state index is -0.291. The summed E-state index contributed by atoms with van der Waals surface area (Å²) in [5.74, 6) is -0.340. The van der Waals surface area contributed by atoms with Crippen molar-refractivity contribution in [3.63, 3.8) is 0 Å². The first-order chi connectivity index (χ1) is 12.4. The summed E-state index contributed by atoms with van der Waals surface area (Å²) < 4.78 is 0. The fraction of sp³-hybridized carbons (Fsp3) is 0.550. The van der Waals surface area contributed by atoms with Crippen molar-refractivity contribution in [2.45, 2.75) is 45.6 Å². The molecule has 6 nitrogen and oxygen atoms in total. The van der Waals surface area contributed by atoms with Gasteiger partial charge in [0.2, 0.25) is 0 Å². The number of benzene rings is 1. The van der Waals surface area contributed by atoms with E-state index in [0.717, 1.165) is 25.7 Å². The molecular weight excluding hydrogens is 330 g/mol. The van der Waals surface area contributed by atoms with Gasteiger partial charge in [0.25, 0.3) is 17.7 Å². The first kappa shape index (κ1) is 18.6. The molecule has 0 aliphatic carbocycles. The smallest absolute Gasteiger partial charge is 0.261 e. The van der Waals surface area contributed by atoms with Crippen molar-refractivity contribution in [2.75, 3.05) is 19.6 Å². The van der Waals surface area contributed by atoms with Crippen LogP contribution >= 0.6 is 0 Å². The van der Waals surface area contributed by atoms with E-state index in [0.29, 0.717) is 42.2 Å². The normalized spacial score (nSPS) is 21.1. The quantitative estimate of drug-likeness (QED) is 0.820. The Labute approximate surface area is 154 Å². The van der Waals surface area contributed by atoms with Crippen LogP contribution in [-0.4, -0.2) is 53.2 Å². The van der Waals surface area contributed by atoms with E-state index in [1.807, 2.05) is 18.7 Å². The van der Waals surface area contributed by atoms with Crippen LogP contribution in [0.1, 0.15) is 70.6 Å². The fourth-order valence-corrected chi connectivity index (χ4v) is 3.75. The highest BCUT2D eigenvalue weighted by molar-refractivity contribution is 6.22. The maximum Gasteiger partial charge on any atom is 0.261 e. The number of hydrogen-bond acceptors (Lipinski definition) is 4. The predicted molar refractivity (Wildman–Crippen MR) is 99.0 cm³/mol. The van der Waals surface area contributed by atoms with E-state index >= 15 is 0 Å². The van der Waals surface area contributed by atoms with Gasteiger partial charge in [-0.3, -0.25) is 19.3 Å². The average Bonchev–Trinajstić information content (AvgIpc) is 2.89. The van der Waals surface area contributed by atoms with Crippen LogP contribution < -0.4 is 5.73 Å². The average molecular weight is 357 g/mol. The standard InChI is InChI=1S/C20H27N3O3/c1-3-4-10-23-19(25)16-8-7-14(11-17(16)20(23)26)18(24)22-9-5-6-15(12-22)13(2)21/h7-8,11,13,15H,3-6,9-10,12,21H2,1-2H3. The van der Waals surface area contributed by atoms with E-state index in [2.05, 4.69) is 0 Å². The van der Waals surface area contributed by atoms with Crippen molar-refractivity contribution in [3.8, 4) is 0 Å². The Bertz CT molecular complexity index is 729. The monoisotopic (exact) mass is 357 g/mol. The van der Waals surface area contributed by atoms with E-state index in [9.17, 15) is 14.4 Å². The molecule has 0 saturated carbocycles. The van der Waals surface area contributed by atoms with Gasteiger partial charge in [0.05, 0.1) is 11.1 Å². The number of unbranched alkanes of at least 4 members (excludes halogenated alkanes) is 1. The highest BCUT2D eigenvalue weighted by atomic mass is 16.2. The lowest BCUT2D eigenvalue weighted by Crippen LogP contribution is -2.45. The topological polar surface area (TPSA) is 83.7 Å². The summed E-state index contributed by atoms with van der Waals surface area (Å²) in [6, 6.07) is 4.91. The Morgan fingerprint density at radius 3 is 2.69 bits per heavy atom. The zero-order valence-corrected chi connectivity index (χ0v) is 15.5. The molecule has 0 aromatic heterocycles. The van der Waals surface area contributed by atoms with E-state index in [-0.39, 0.29) is 23.8 Å². The second kappa shape index (κ2) is 7.58. The van der Waals surface area contributed by atoms with Crippen LogP contribution in [0.3, 0.4) is 0 Å². The van der Waals surface area contributed by atoms with Gasteiger partial charge in [0.1, 0.15) is 0 Å². The highest BCUT2D eigenvalue weighted by Crippen LogP contribution is 2.26. The minimum absolute atomic E-state index is 0.0527. The molecule has 1 aromatic rings. The van der Waals surface area contributed by atoms with Gasteiger partial charge in [0, 0.05) is 31.2 Å². The van der Waals surface area contributed by atoms with Crippen LogP contribution in [0.25, 0.3) is 0 Å². The molecule has 1 aromatic carbocycles. The molecule has 2 atom stereocenters. The summed E-state index contributed by atoms with van der Waals surface area (Å²) in [5, 5.41) is 0. The summed E-state index contributed by atoms with van der Waals surface area (Å²) >= 11 is 0. The lowest BCUT2D eigenvalue weighted by molar-refractivity contribution is 0.0648. The number of nitrogens with two attached hydrogens (primary N) is 1. The van der Waals surface area contributed by atoms with Gasteiger partial charge in [-0.1, -0.05) is 13.3 Å². The second-order valence-electron chi connectivity index (χ2n) is 7.39. The Hall–Kier alpha value is -2.21. The van der Waals surface area contributed by atoms with E-state index in [4.69, 9.17) is 5.73 Å². The van der Waals surface area contributed by atoms with Crippen LogP contribution in [0, 0.1) is 5.92 Å². The Morgan fingerprint density at radius 2 is 2.00 bits per heavy atom. The van der Waals surface area contributed by atoms with Gasteiger partial charge in [-0.2, -0.15) is 0 Å². The number of likely N-dealkylation sites (tertiary alicyclic amines) is 1. The Morgan fingerprint density at radius 1 is 1.27 bits per heavy atom. The molecule has 2 N–H and O–H groups in total. The number of hydrogen-bond donors (Lipinski definition) is 1. The molecule has 2 aliphatic heterocycles. The van der Waals surface area contributed by atoms with Crippen molar-refractivity contribution < 1.29 is 14.4 Å². The maximum atomic E-state index is 12.9. The molecule has 3 rings (SSSR count). The van der Waals surface area contributed by atoms with Gasteiger partial charge in [0.15, 0.2) is 0 Å². The fourth-order valence-electron chi connectivity index (χ4n) is 3.75. The second-order valence-corrected chi connectivity index (χ2v) is 7.39. The first-order valence-corrected chi connectivity index (χ1v) is 9.49. The van der Waals surface area contributed by atoms with Gasteiger partial charge in [-0.25, -0.2) is 0 Å². The van der Waals surface area contributed by atoms with Gasteiger partial charge < -0.3 is 10.6 Å². The third-order valence-electron chi connectivity index (χ3n) is 5.44. The SMILES string of the molecule is CCCCN1C(=O)c2ccc(C(=O)N3CCCC(C(C)N)C3)cc2C1=O. The third kappa shape index (κ3) is 3.38. The number of fused-ring (bicyclic) bond motifs is 1. The number of piperidine rings is 1. The molecular formula is C20H27N3O3. The Kier molecular flexibility index (Phi) is 5.41. The summed E-state index contributed by atoms with van der Waals surface area (Å²) in [4.78, 5) is 41.0. The molecule has 0 radical (unpaired) electrons. The molecule has 2 aliphatic rings. The molecule has 1 fully saturated rings. The van der Waals surface area contributed by atoms with Gasteiger partial charge in [-0.15, -0.1) is 0 Å². The Balaban J connectivity index is 1.80. The first-order valence-electron chi connectivity index (χ1n) is 9.49. The summed E-state index contributed by atoms with van der Waals surface area (Å²) in [6.07, 6.45) is 3.66. The maximum absolute atomic E-state index is 12.9. The van der Waals surface area contributed by atoms with E-state index in [1.165, 1.54) is 4.90 Å². The predicted octanol–water partition coefficient (Wildman–Crippen LogP) is 2.28. The third-order valence-corrected chi connectivity index (χ3v) is 5.44. The molecule has 3 amide bonds. The molecule has 0 spiro atoms. The van der Waals surface area contributed by atoms with E-state index in [1.54, 1.807) is 18.2 Å². The highest BCUT2D eigenvalue weighted by Gasteiger charge is 2.36. The number of carbonyl (C=O) groups excluding carboxylic acids is 3. The van der Waals surface area contributed by atoms with Crippen LogP contribution in [0.4, 0.5) is 0 Å². The molecule has 140 valence electrons. The molecule has 2 heterocycles. The largest absolute Gasteiger partial charge is 0.338 e.